The lowest BCUT2D eigenvalue weighted by atomic mass is 9.54. The molecule has 0 aromatic heterocycles. The predicted octanol–water partition coefficient (Wildman–Crippen LogP) is 10.4. The summed E-state index contributed by atoms with van der Waals surface area (Å²) in [5, 5.41) is 0. The summed E-state index contributed by atoms with van der Waals surface area (Å²) >= 11 is 7.23. The normalized spacial score (nSPS) is 20.9. The zero-order valence-electron chi connectivity index (χ0n) is 21.6. The van der Waals surface area contributed by atoms with Gasteiger partial charge >= 0.3 is 0 Å². The van der Waals surface area contributed by atoms with Crippen LogP contribution in [0.3, 0.4) is 0 Å². The Morgan fingerprint density at radius 1 is 0.559 bits per heavy atom. The van der Waals surface area contributed by atoms with Gasteiger partial charge < -0.3 is 4.90 Å². The molecule has 3 heteroatoms. The van der Waals surface area contributed by atoms with Gasteiger partial charge in [0.2, 0.25) is 0 Å². The smallest absolute Gasteiger partial charge is 0.0467 e. The minimum absolute atomic E-state index is 0.0800. The number of anilines is 3. The van der Waals surface area contributed by atoms with Crippen LogP contribution in [0.15, 0.2) is 69.6 Å². The summed E-state index contributed by atoms with van der Waals surface area (Å²) in [6.45, 7) is 19.8. The van der Waals surface area contributed by atoms with Gasteiger partial charge in [0, 0.05) is 26.0 Å². The van der Waals surface area contributed by atoms with Crippen molar-refractivity contribution < 1.29 is 0 Å². The maximum Gasteiger partial charge on any atom is 0.0467 e. The highest BCUT2D eigenvalue weighted by atomic mass is 79.9. The fourth-order valence-corrected chi connectivity index (χ4v) is 7.31. The van der Waals surface area contributed by atoms with Crippen molar-refractivity contribution in [2.45, 2.75) is 72.1 Å². The highest BCUT2D eigenvalue weighted by Crippen LogP contribution is 2.73. The first-order chi connectivity index (χ1) is 15.7. The Kier molecular flexibility index (Phi) is 5.30. The van der Waals surface area contributed by atoms with Crippen molar-refractivity contribution in [3.05, 3.63) is 86.3 Å². The van der Waals surface area contributed by atoms with E-state index in [1.807, 2.05) is 0 Å². The number of hydrogen-bond donors (Lipinski definition) is 0. The molecule has 0 atom stereocenters. The molecule has 0 N–H and O–H groups in total. The molecule has 0 radical (unpaired) electrons. The van der Waals surface area contributed by atoms with Crippen LogP contribution in [0.4, 0.5) is 17.1 Å². The number of halogens is 2. The summed E-state index contributed by atoms with van der Waals surface area (Å²) in [7, 11) is 0. The highest BCUT2D eigenvalue weighted by molar-refractivity contribution is 9.10. The lowest BCUT2D eigenvalue weighted by Crippen LogP contribution is -2.44. The van der Waals surface area contributed by atoms with Crippen LogP contribution in [-0.4, -0.2) is 0 Å². The van der Waals surface area contributed by atoms with Crippen LogP contribution in [0.1, 0.15) is 78.0 Å². The molecule has 0 bridgehead atoms. The zero-order valence-corrected chi connectivity index (χ0v) is 24.7. The largest absolute Gasteiger partial charge is 0.310 e. The minimum Gasteiger partial charge on any atom is -0.310 e. The van der Waals surface area contributed by atoms with E-state index in [1.165, 1.54) is 28.2 Å². The summed E-state index contributed by atoms with van der Waals surface area (Å²) in [6, 6.07) is 22.3. The summed E-state index contributed by atoms with van der Waals surface area (Å²) in [4.78, 5) is 2.41. The van der Waals surface area contributed by atoms with E-state index < -0.39 is 0 Å². The van der Waals surface area contributed by atoms with Crippen LogP contribution >= 0.6 is 31.9 Å². The second-order valence-electron chi connectivity index (χ2n) is 12.4. The molecule has 5 rings (SSSR count). The quantitative estimate of drug-likeness (QED) is 0.298. The van der Waals surface area contributed by atoms with E-state index in [-0.39, 0.29) is 21.7 Å². The molecule has 0 amide bonds. The van der Waals surface area contributed by atoms with Gasteiger partial charge in [-0.1, -0.05) is 87.2 Å². The van der Waals surface area contributed by atoms with Gasteiger partial charge in [0.05, 0.1) is 0 Å². The first-order valence-electron chi connectivity index (χ1n) is 12.2. The topological polar surface area (TPSA) is 3.24 Å². The Morgan fingerprint density at radius 3 is 1.26 bits per heavy atom. The van der Waals surface area contributed by atoms with Crippen LogP contribution in [0, 0.1) is 10.8 Å². The molecule has 0 spiro atoms. The first kappa shape index (κ1) is 24.1. The molecule has 0 heterocycles. The summed E-state index contributed by atoms with van der Waals surface area (Å²) in [5.74, 6) is 0.540. The van der Waals surface area contributed by atoms with Gasteiger partial charge in [0.25, 0.3) is 0 Å². The third-order valence-corrected chi connectivity index (χ3v) is 11.0. The molecule has 0 aliphatic heterocycles. The minimum atomic E-state index is 0.0800. The van der Waals surface area contributed by atoms with Gasteiger partial charge in [-0.3, -0.25) is 0 Å². The Bertz CT molecular complexity index is 1170. The maximum atomic E-state index is 3.62. The fraction of sp³-hybridized carbons (Fsp3) is 0.419. The molecule has 3 aromatic carbocycles. The van der Waals surface area contributed by atoms with Crippen molar-refractivity contribution in [1.82, 2.24) is 0 Å². The van der Waals surface area contributed by atoms with Crippen LogP contribution in [0.25, 0.3) is 0 Å². The monoisotopic (exact) mass is 579 g/mol. The Hall–Kier alpha value is -1.58. The molecule has 2 aliphatic rings. The second-order valence-corrected chi connectivity index (χ2v) is 14.2. The lowest BCUT2D eigenvalue weighted by Gasteiger charge is -2.49. The first-order valence-corrected chi connectivity index (χ1v) is 13.8. The predicted molar refractivity (Wildman–Crippen MR) is 153 cm³/mol. The highest BCUT2D eigenvalue weighted by Gasteiger charge is 2.65. The van der Waals surface area contributed by atoms with Gasteiger partial charge in [-0.05, 0) is 105 Å². The molecule has 3 aromatic rings. The third-order valence-electron chi connectivity index (χ3n) is 9.89. The van der Waals surface area contributed by atoms with E-state index in [0.717, 1.165) is 8.95 Å². The van der Waals surface area contributed by atoms with Gasteiger partial charge in [-0.25, -0.2) is 0 Å². The maximum absolute atomic E-state index is 3.62. The summed E-state index contributed by atoms with van der Waals surface area (Å²) in [5.41, 5.74) is 8.72. The molecule has 0 saturated carbocycles. The molecule has 0 unspecified atom stereocenters. The number of hydrogen-bond acceptors (Lipinski definition) is 1. The molecular weight excluding hydrogens is 546 g/mol. The molecule has 34 heavy (non-hydrogen) atoms. The van der Waals surface area contributed by atoms with Crippen molar-refractivity contribution in [3.8, 4) is 0 Å². The average Bonchev–Trinajstić information content (AvgIpc) is 3.02. The number of benzene rings is 3. The van der Waals surface area contributed by atoms with Gasteiger partial charge in [-0.2, -0.15) is 0 Å². The molecule has 2 aliphatic carbocycles. The SMILES string of the molecule is CC1(C)c2cc(N(c3ccc(Br)cc3)c3ccc(Br)cc3)cc3c2C(C1(C)C)C(C)(C)C3(C)C. The molecule has 1 nitrogen and oxygen atoms in total. The Balaban J connectivity index is 1.82. The number of nitrogens with zero attached hydrogens (tertiary/aromatic N) is 1. The summed E-state index contributed by atoms with van der Waals surface area (Å²) < 4.78 is 2.18. The molecular formula is C31H35Br2N. The lowest BCUT2D eigenvalue weighted by molar-refractivity contribution is 0.0633. The standard InChI is InChI=1S/C31H35Br2N/c1-28(2)24-17-23(18-25-26(24)27(30(28,5)6)31(7,8)29(25,3)4)34(21-13-9-19(32)10-14-21)22-15-11-20(33)12-16-22/h9-18,27H,1-8H3. The van der Waals surface area contributed by atoms with Crippen LogP contribution in [0.5, 0.6) is 0 Å². The Morgan fingerprint density at radius 2 is 0.912 bits per heavy atom. The van der Waals surface area contributed by atoms with Gasteiger partial charge in [-0.15, -0.1) is 0 Å². The van der Waals surface area contributed by atoms with E-state index >= 15 is 0 Å². The molecule has 178 valence electrons. The van der Waals surface area contributed by atoms with E-state index in [0.29, 0.717) is 5.92 Å². The molecule has 0 fully saturated rings. The van der Waals surface area contributed by atoms with Crippen LogP contribution in [-0.2, 0) is 10.8 Å². The second kappa shape index (κ2) is 7.46. The van der Waals surface area contributed by atoms with Gasteiger partial charge in [0.1, 0.15) is 0 Å². The van der Waals surface area contributed by atoms with E-state index in [2.05, 4.69) is 153 Å². The molecule has 0 saturated heterocycles. The fourth-order valence-electron chi connectivity index (χ4n) is 6.78. The van der Waals surface area contributed by atoms with Crippen molar-refractivity contribution in [1.29, 1.82) is 0 Å². The third kappa shape index (κ3) is 3.08. The van der Waals surface area contributed by atoms with Crippen molar-refractivity contribution in [2.75, 3.05) is 4.90 Å². The van der Waals surface area contributed by atoms with Gasteiger partial charge in [0.15, 0.2) is 0 Å². The van der Waals surface area contributed by atoms with Crippen molar-refractivity contribution >= 4 is 48.9 Å². The zero-order chi connectivity index (χ0) is 24.8. The van der Waals surface area contributed by atoms with Crippen molar-refractivity contribution in [3.63, 3.8) is 0 Å². The van der Waals surface area contributed by atoms with E-state index in [1.54, 1.807) is 5.56 Å². The van der Waals surface area contributed by atoms with E-state index in [4.69, 9.17) is 0 Å². The van der Waals surface area contributed by atoms with Crippen molar-refractivity contribution in [2.24, 2.45) is 10.8 Å². The number of rotatable bonds is 3. The summed E-state index contributed by atoms with van der Waals surface area (Å²) in [6.07, 6.45) is 0. The van der Waals surface area contributed by atoms with E-state index in [9.17, 15) is 0 Å². The van der Waals surface area contributed by atoms with Crippen LogP contribution < -0.4 is 4.90 Å². The van der Waals surface area contributed by atoms with Crippen LogP contribution in [0.2, 0.25) is 0 Å². The average molecular weight is 581 g/mol. The Labute approximate surface area is 222 Å².